The Bertz CT molecular complexity index is 361. The molecule has 0 aliphatic rings. The quantitative estimate of drug-likeness (QED) is 0.673. The van der Waals surface area contributed by atoms with Crippen molar-refractivity contribution in [1.29, 1.82) is 0 Å². The summed E-state index contributed by atoms with van der Waals surface area (Å²) in [6.45, 7) is 0. The predicted octanol–water partition coefficient (Wildman–Crippen LogP) is 1.24. The van der Waals surface area contributed by atoms with E-state index in [4.69, 9.17) is 11.6 Å². The van der Waals surface area contributed by atoms with Crippen LogP contribution in [0.2, 0.25) is 5.02 Å². The average Bonchev–Trinajstić information content (AvgIpc) is 2.07. The van der Waals surface area contributed by atoms with Crippen LogP contribution in [0.4, 0.5) is 4.39 Å². The second-order valence-electron chi connectivity index (χ2n) is 2.33. The van der Waals surface area contributed by atoms with Gasteiger partial charge in [0.05, 0.1) is 11.0 Å². The van der Waals surface area contributed by atoms with Gasteiger partial charge in [-0.2, -0.15) is 0 Å². The summed E-state index contributed by atoms with van der Waals surface area (Å²) in [5, 5.41) is 9.98. The average molecular weight is 200 g/mol. The molecule has 0 aliphatic carbocycles. The van der Waals surface area contributed by atoms with Gasteiger partial charge in [-0.1, -0.05) is 23.7 Å². The van der Waals surface area contributed by atoms with Crippen LogP contribution in [0.1, 0.15) is 5.56 Å². The van der Waals surface area contributed by atoms with E-state index in [2.05, 4.69) is 0 Å². The number of hydrogen-bond donors (Lipinski definition) is 0. The van der Waals surface area contributed by atoms with Crippen molar-refractivity contribution in [2.75, 3.05) is 0 Å². The zero-order valence-electron chi connectivity index (χ0n) is 6.46. The first-order valence-corrected chi connectivity index (χ1v) is 3.81. The standard InChI is InChI=1S/C9H6ClFO2/c10-7-5-6(1-3-8(7)11)2-4-9(12)13/h1-5H,(H,12,13)/p-1/b4-2+. The number of hydrogen-bond acceptors (Lipinski definition) is 2. The van der Waals surface area contributed by atoms with Gasteiger partial charge in [-0.05, 0) is 23.8 Å². The van der Waals surface area contributed by atoms with Crippen LogP contribution in [0, 0.1) is 5.82 Å². The molecule has 0 atom stereocenters. The van der Waals surface area contributed by atoms with Crippen LogP contribution < -0.4 is 5.11 Å². The summed E-state index contributed by atoms with van der Waals surface area (Å²) in [5.41, 5.74) is 0.510. The summed E-state index contributed by atoms with van der Waals surface area (Å²) in [5.74, 6) is -1.84. The molecule has 0 heterocycles. The number of carbonyl (C=O) groups excluding carboxylic acids is 1. The van der Waals surface area contributed by atoms with Crippen molar-refractivity contribution in [3.05, 3.63) is 40.7 Å². The lowest BCUT2D eigenvalue weighted by molar-refractivity contribution is -0.297. The maximum absolute atomic E-state index is 12.6. The van der Waals surface area contributed by atoms with Crippen LogP contribution in [0.5, 0.6) is 0 Å². The lowest BCUT2D eigenvalue weighted by Gasteiger charge is -1.96. The van der Waals surface area contributed by atoms with Crippen LogP contribution in [0.15, 0.2) is 24.3 Å². The first-order chi connectivity index (χ1) is 6.09. The van der Waals surface area contributed by atoms with Gasteiger partial charge < -0.3 is 9.90 Å². The molecule has 0 unspecified atom stereocenters. The molecular weight excluding hydrogens is 195 g/mol. The van der Waals surface area contributed by atoms with Gasteiger partial charge in [0.1, 0.15) is 5.82 Å². The van der Waals surface area contributed by atoms with E-state index in [1.165, 1.54) is 18.2 Å². The number of aliphatic carboxylic acids is 1. The number of carbonyl (C=O) groups is 1. The second kappa shape index (κ2) is 4.05. The van der Waals surface area contributed by atoms with Gasteiger partial charge in [0.15, 0.2) is 0 Å². The topological polar surface area (TPSA) is 40.1 Å². The smallest absolute Gasteiger partial charge is 0.141 e. The third kappa shape index (κ3) is 2.87. The van der Waals surface area contributed by atoms with E-state index in [9.17, 15) is 14.3 Å². The van der Waals surface area contributed by atoms with Gasteiger partial charge in [0.25, 0.3) is 0 Å². The monoisotopic (exact) mass is 199 g/mol. The normalized spacial score (nSPS) is 10.6. The summed E-state index contributed by atoms with van der Waals surface area (Å²) >= 11 is 5.46. The van der Waals surface area contributed by atoms with Crippen LogP contribution in [-0.4, -0.2) is 5.97 Å². The summed E-state index contributed by atoms with van der Waals surface area (Å²) in [6.07, 6.45) is 2.13. The zero-order chi connectivity index (χ0) is 9.84. The molecule has 0 aromatic heterocycles. The Morgan fingerprint density at radius 3 is 2.77 bits per heavy atom. The number of benzene rings is 1. The predicted molar refractivity (Wildman–Crippen MR) is 45.5 cm³/mol. The Morgan fingerprint density at radius 1 is 1.54 bits per heavy atom. The van der Waals surface area contributed by atoms with E-state index in [0.29, 0.717) is 5.56 Å². The molecule has 2 nitrogen and oxygen atoms in total. The molecule has 1 aromatic carbocycles. The van der Waals surface area contributed by atoms with Gasteiger partial charge in [-0.3, -0.25) is 0 Å². The number of carboxylic acids is 1. The minimum absolute atomic E-state index is 0.0412. The van der Waals surface area contributed by atoms with E-state index in [0.717, 1.165) is 12.1 Å². The zero-order valence-corrected chi connectivity index (χ0v) is 7.22. The molecule has 0 radical (unpaired) electrons. The molecule has 0 bridgehead atoms. The number of rotatable bonds is 2. The van der Waals surface area contributed by atoms with E-state index >= 15 is 0 Å². The summed E-state index contributed by atoms with van der Waals surface area (Å²) in [4.78, 5) is 10.0. The molecule has 4 heteroatoms. The minimum atomic E-state index is -1.31. The maximum atomic E-state index is 12.6. The third-order valence-corrected chi connectivity index (χ3v) is 1.65. The number of halogens is 2. The Balaban J connectivity index is 2.92. The Labute approximate surface area is 79.3 Å². The Kier molecular flexibility index (Phi) is 3.03. The lowest BCUT2D eigenvalue weighted by Crippen LogP contribution is -2.18. The molecule has 68 valence electrons. The maximum Gasteiger partial charge on any atom is 0.141 e. The molecular formula is C9H5ClFO2-. The fraction of sp³-hybridized carbons (Fsp3) is 0. The molecule has 1 aromatic rings. The highest BCUT2D eigenvalue weighted by Gasteiger charge is 1.97. The van der Waals surface area contributed by atoms with E-state index < -0.39 is 11.8 Å². The van der Waals surface area contributed by atoms with Crippen LogP contribution in [0.25, 0.3) is 6.08 Å². The van der Waals surface area contributed by atoms with Crippen molar-refractivity contribution in [1.82, 2.24) is 0 Å². The lowest BCUT2D eigenvalue weighted by atomic mass is 10.2. The van der Waals surface area contributed by atoms with Crippen molar-refractivity contribution in [2.45, 2.75) is 0 Å². The molecule has 0 saturated carbocycles. The number of carboxylic acid groups (broad SMARTS) is 1. The van der Waals surface area contributed by atoms with Crippen molar-refractivity contribution in [3.8, 4) is 0 Å². The molecule has 0 fully saturated rings. The minimum Gasteiger partial charge on any atom is -0.545 e. The first-order valence-electron chi connectivity index (χ1n) is 3.43. The van der Waals surface area contributed by atoms with Gasteiger partial charge in [0.2, 0.25) is 0 Å². The van der Waals surface area contributed by atoms with Crippen molar-refractivity contribution >= 4 is 23.6 Å². The van der Waals surface area contributed by atoms with Crippen LogP contribution >= 0.6 is 11.6 Å². The van der Waals surface area contributed by atoms with Crippen molar-refractivity contribution < 1.29 is 14.3 Å². The fourth-order valence-electron chi connectivity index (χ4n) is 0.780. The highest BCUT2D eigenvalue weighted by Crippen LogP contribution is 2.16. The largest absolute Gasteiger partial charge is 0.545 e. The van der Waals surface area contributed by atoms with E-state index in [1.54, 1.807) is 0 Å². The van der Waals surface area contributed by atoms with Crippen LogP contribution in [-0.2, 0) is 4.79 Å². The van der Waals surface area contributed by atoms with E-state index in [-0.39, 0.29) is 5.02 Å². The molecule has 0 spiro atoms. The van der Waals surface area contributed by atoms with Crippen molar-refractivity contribution in [3.63, 3.8) is 0 Å². The van der Waals surface area contributed by atoms with Crippen molar-refractivity contribution in [2.24, 2.45) is 0 Å². The third-order valence-electron chi connectivity index (χ3n) is 1.36. The Hall–Kier alpha value is -1.35. The van der Waals surface area contributed by atoms with Gasteiger partial charge in [-0.15, -0.1) is 0 Å². The van der Waals surface area contributed by atoms with E-state index in [1.807, 2.05) is 0 Å². The summed E-state index contributed by atoms with van der Waals surface area (Å²) in [6, 6.07) is 3.91. The summed E-state index contributed by atoms with van der Waals surface area (Å²) in [7, 11) is 0. The fourth-order valence-corrected chi connectivity index (χ4v) is 0.969. The molecule has 1 rings (SSSR count). The highest BCUT2D eigenvalue weighted by molar-refractivity contribution is 6.30. The summed E-state index contributed by atoms with van der Waals surface area (Å²) < 4.78 is 12.6. The molecule has 0 saturated heterocycles. The van der Waals surface area contributed by atoms with Gasteiger partial charge in [-0.25, -0.2) is 4.39 Å². The molecule has 13 heavy (non-hydrogen) atoms. The SMILES string of the molecule is O=C([O-])/C=C/c1ccc(F)c(Cl)c1. The Morgan fingerprint density at radius 2 is 2.23 bits per heavy atom. The molecule has 0 aliphatic heterocycles. The molecule has 0 amide bonds. The molecule has 0 N–H and O–H groups in total. The van der Waals surface area contributed by atoms with Gasteiger partial charge >= 0.3 is 0 Å². The first kappa shape index (κ1) is 9.74. The van der Waals surface area contributed by atoms with Crippen LogP contribution in [0.3, 0.4) is 0 Å². The van der Waals surface area contributed by atoms with Gasteiger partial charge in [0, 0.05) is 0 Å². The highest BCUT2D eigenvalue weighted by atomic mass is 35.5. The second-order valence-corrected chi connectivity index (χ2v) is 2.73.